The zero-order valence-electron chi connectivity index (χ0n) is 10.5. The van der Waals surface area contributed by atoms with Crippen molar-refractivity contribution in [3.05, 3.63) is 28.3 Å². The fourth-order valence-electron chi connectivity index (χ4n) is 1.97. The molecule has 19 heavy (non-hydrogen) atoms. The van der Waals surface area contributed by atoms with Gasteiger partial charge in [-0.15, -0.1) is 11.6 Å². The average Bonchev–Trinajstić information content (AvgIpc) is 2.38. The molecule has 0 saturated heterocycles. The summed E-state index contributed by atoms with van der Waals surface area (Å²) in [6.07, 6.45) is 0.0554. The van der Waals surface area contributed by atoms with E-state index in [-0.39, 0.29) is 29.0 Å². The molecule has 2 rings (SSSR count). The minimum Gasteiger partial charge on any atom is -0.497 e. The minimum absolute atomic E-state index is 0.103. The van der Waals surface area contributed by atoms with Crippen molar-refractivity contribution in [3.63, 3.8) is 0 Å². The van der Waals surface area contributed by atoms with Crippen LogP contribution in [0.3, 0.4) is 0 Å². The number of halogens is 1. The first-order chi connectivity index (χ1) is 9.06. The molecule has 0 aromatic heterocycles. The van der Waals surface area contributed by atoms with Gasteiger partial charge in [-0.05, 0) is 6.07 Å². The van der Waals surface area contributed by atoms with E-state index >= 15 is 0 Å². The van der Waals surface area contributed by atoms with Crippen molar-refractivity contribution >= 4 is 17.3 Å². The first kappa shape index (κ1) is 13.9. The number of nitro groups is 1. The Morgan fingerprint density at radius 3 is 2.68 bits per heavy atom. The topological polar surface area (TPSA) is 70.8 Å². The summed E-state index contributed by atoms with van der Waals surface area (Å²) >= 11 is 5.97. The first-order valence-electron chi connectivity index (χ1n) is 5.72. The lowest BCUT2D eigenvalue weighted by atomic mass is 9.91. The maximum absolute atomic E-state index is 11.0. The van der Waals surface area contributed by atoms with Crippen LogP contribution in [0, 0.1) is 10.1 Å². The molecular formula is C12H14ClNO5. The van der Waals surface area contributed by atoms with Gasteiger partial charge >= 0.3 is 5.69 Å². The summed E-state index contributed by atoms with van der Waals surface area (Å²) in [6, 6.07) is 4.36. The summed E-state index contributed by atoms with van der Waals surface area (Å²) in [6.45, 7) is 0. The zero-order chi connectivity index (χ0) is 14.0. The van der Waals surface area contributed by atoms with Crippen molar-refractivity contribution in [2.24, 2.45) is 0 Å². The predicted molar refractivity (Wildman–Crippen MR) is 69.1 cm³/mol. The van der Waals surface area contributed by atoms with Gasteiger partial charge < -0.3 is 14.2 Å². The van der Waals surface area contributed by atoms with Crippen molar-refractivity contribution in [2.75, 3.05) is 14.2 Å². The molecule has 0 N–H and O–H groups in total. The van der Waals surface area contributed by atoms with Crippen LogP contribution >= 0.6 is 11.6 Å². The van der Waals surface area contributed by atoms with Crippen LogP contribution in [-0.2, 0) is 4.74 Å². The lowest BCUT2D eigenvalue weighted by Crippen LogP contribution is -2.52. The van der Waals surface area contributed by atoms with E-state index < -0.39 is 4.92 Å². The minimum atomic E-state index is -0.493. The number of ether oxygens (including phenoxy) is 3. The number of alkyl halides is 1. The summed E-state index contributed by atoms with van der Waals surface area (Å²) in [5, 5.41) is 10.8. The molecule has 1 aliphatic carbocycles. The zero-order valence-corrected chi connectivity index (χ0v) is 11.3. The molecule has 104 valence electrons. The highest BCUT2D eigenvalue weighted by atomic mass is 35.5. The van der Waals surface area contributed by atoms with Gasteiger partial charge in [-0.25, -0.2) is 0 Å². The quantitative estimate of drug-likeness (QED) is 0.472. The number of nitro benzene ring substituents is 1. The summed E-state index contributed by atoms with van der Waals surface area (Å²) in [5.41, 5.74) is -0.103. The normalized spacial score (nSPS) is 25.5. The Morgan fingerprint density at radius 1 is 1.42 bits per heavy atom. The average molecular weight is 288 g/mol. The van der Waals surface area contributed by atoms with Crippen LogP contribution in [-0.4, -0.2) is 36.7 Å². The summed E-state index contributed by atoms with van der Waals surface area (Å²) in [4.78, 5) is 10.5. The number of hydrogen-bond donors (Lipinski definition) is 0. The van der Waals surface area contributed by atoms with Gasteiger partial charge in [0.2, 0.25) is 5.75 Å². The highest BCUT2D eigenvalue weighted by Crippen LogP contribution is 2.37. The molecule has 0 radical (unpaired) electrons. The van der Waals surface area contributed by atoms with Crippen molar-refractivity contribution in [2.45, 2.75) is 24.0 Å². The highest BCUT2D eigenvalue weighted by Gasteiger charge is 2.43. The van der Waals surface area contributed by atoms with E-state index in [1.165, 1.54) is 32.4 Å². The van der Waals surface area contributed by atoms with Gasteiger partial charge in [-0.2, -0.15) is 0 Å². The second-order valence-corrected chi connectivity index (χ2v) is 4.76. The molecule has 0 spiro atoms. The van der Waals surface area contributed by atoms with Crippen molar-refractivity contribution in [1.29, 1.82) is 0 Å². The Balaban J connectivity index is 2.20. The molecule has 1 aromatic carbocycles. The standard InChI is InChI=1S/C12H14ClNO5/c1-17-7-3-4-9(14(15)16)10(5-7)19-11-6-8(13)12(11)18-2/h3-5,8,11-12H,6H2,1-2H3. The van der Waals surface area contributed by atoms with Gasteiger partial charge in [0.25, 0.3) is 0 Å². The lowest BCUT2D eigenvalue weighted by Gasteiger charge is -2.39. The summed E-state index contributed by atoms with van der Waals surface area (Å²) in [5.74, 6) is 0.663. The molecule has 0 heterocycles. The van der Waals surface area contributed by atoms with Gasteiger partial charge in [0.15, 0.2) is 0 Å². The molecule has 1 saturated carbocycles. The van der Waals surface area contributed by atoms with Crippen LogP contribution < -0.4 is 9.47 Å². The number of hydrogen-bond acceptors (Lipinski definition) is 5. The van der Waals surface area contributed by atoms with Crippen molar-refractivity contribution in [3.8, 4) is 11.5 Å². The largest absolute Gasteiger partial charge is 0.497 e. The van der Waals surface area contributed by atoms with Crippen molar-refractivity contribution in [1.82, 2.24) is 0 Å². The third-order valence-electron chi connectivity index (χ3n) is 3.09. The Bertz CT molecular complexity index is 481. The van der Waals surface area contributed by atoms with Crippen LogP contribution in [0.4, 0.5) is 5.69 Å². The SMILES string of the molecule is COc1ccc([N+](=O)[O-])c(OC2CC(Cl)C2OC)c1. The maximum Gasteiger partial charge on any atom is 0.311 e. The molecule has 1 fully saturated rings. The van der Waals surface area contributed by atoms with Gasteiger partial charge in [0.05, 0.1) is 17.4 Å². The van der Waals surface area contributed by atoms with E-state index in [4.69, 9.17) is 25.8 Å². The van der Waals surface area contributed by atoms with Crippen LogP contribution in [0.2, 0.25) is 0 Å². The van der Waals surface area contributed by atoms with Crippen LogP contribution in [0.5, 0.6) is 11.5 Å². The van der Waals surface area contributed by atoms with Crippen molar-refractivity contribution < 1.29 is 19.1 Å². The van der Waals surface area contributed by atoms with Gasteiger partial charge in [0.1, 0.15) is 18.0 Å². The van der Waals surface area contributed by atoms with E-state index in [1.54, 1.807) is 0 Å². The number of benzene rings is 1. The lowest BCUT2D eigenvalue weighted by molar-refractivity contribution is -0.386. The summed E-state index contributed by atoms with van der Waals surface area (Å²) < 4.78 is 15.8. The Kier molecular flexibility index (Phi) is 4.11. The molecule has 0 bridgehead atoms. The highest BCUT2D eigenvalue weighted by molar-refractivity contribution is 6.21. The Hall–Kier alpha value is -1.53. The summed E-state index contributed by atoms with van der Waals surface area (Å²) in [7, 11) is 3.02. The molecule has 1 aromatic rings. The van der Waals surface area contributed by atoms with Gasteiger partial charge in [0, 0.05) is 25.7 Å². The molecule has 6 nitrogen and oxygen atoms in total. The number of methoxy groups -OCH3 is 2. The second-order valence-electron chi connectivity index (χ2n) is 4.20. The van der Waals surface area contributed by atoms with E-state index in [9.17, 15) is 10.1 Å². The van der Waals surface area contributed by atoms with E-state index in [0.29, 0.717) is 12.2 Å². The molecule has 1 aliphatic rings. The smallest absolute Gasteiger partial charge is 0.311 e. The van der Waals surface area contributed by atoms with E-state index in [1.807, 2.05) is 0 Å². The third kappa shape index (κ3) is 2.74. The Morgan fingerprint density at radius 2 is 2.16 bits per heavy atom. The molecule has 0 amide bonds. The van der Waals surface area contributed by atoms with Crippen LogP contribution in [0.25, 0.3) is 0 Å². The molecule has 3 unspecified atom stereocenters. The van der Waals surface area contributed by atoms with Crippen LogP contribution in [0.1, 0.15) is 6.42 Å². The van der Waals surface area contributed by atoms with Gasteiger partial charge in [-0.3, -0.25) is 10.1 Å². The molecule has 7 heteroatoms. The fraction of sp³-hybridized carbons (Fsp3) is 0.500. The fourth-order valence-corrected chi connectivity index (χ4v) is 2.41. The number of nitrogens with zero attached hydrogens (tertiary/aromatic N) is 1. The first-order valence-corrected chi connectivity index (χ1v) is 6.16. The molecule has 3 atom stereocenters. The second kappa shape index (κ2) is 5.63. The van der Waals surface area contributed by atoms with Crippen LogP contribution in [0.15, 0.2) is 18.2 Å². The molecule has 0 aliphatic heterocycles. The molecular weight excluding hydrogens is 274 g/mol. The number of rotatable bonds is 5. The van der Waals surface area contributed by atoms with Gasteiger partial charge in [-0.1, -0.05) is 0 Å². The Labute approximate surface area is 115 Å². The van der Waals surface area contributed by atoms with E-state index in [0.717, 1.165) is 0 Å². The third-order valence-corrected chi connectivity index (χ3v) is 3.52. The predicted octanol–water partition coefficient (Wildman–Crippen LogP) is 2.38. The van der Waals surface area contributed by atoms with E-state index in [2.05, 4.69) is 0 Å². The maximum atomic E-state index is 11.0. The monoisotopic (exact) mass is 287 g/mol.